The Kier molecular flexibility index (Phi) is 5.06. The van der Waals surface area contributed by atoms with Gasteiger partial charge in [-0.3, -0.25) is 0 Å². The van der Waals surface area contributed by atoms with Crippen LogP contribution >= 0.6 is 0 Å². The molecule has 0 radical (unpaired) electrons. The predicted molar refractivity (Wildman–Crippen MR) is 67.0 cm³/mol. The Morgan fingerprint density at radius 2 is 1.71 bits per heavy atom. The predicted octanol–water partition coefficient (Wildman–Crippen LogP) is 3.97. The second kappa shape index (κ2) is 6.10. The van der Waals surface area contributed by atoms with Crippen molar-refractivity contribution < 1.29 is 8.78 Å². The summed E-state index contributed by atoms with van der Waals surface area (Å²) in [5, 5.41) is 3.15. The van der Waals surface area contributed by atoms with E-state index >= 15 is 0 Å². The van der Waals surface area contributed by atoms with Gasteiger partial charge in [0.25, 0.3) is 0 Å². The van der Waals surface area contributed by atoms with Crippen molar-refractivity contribution in [3.05, 3.63) is 34.9 Å². The first-order valence-corrected chi connectivity index (χ1v) is 6.17. The van der Waals surface area contributed by atoms with Crippen LogP contribution in [0, 0.1) is 24.5 Å². The maximum absolute atomic E-state index is 13.8. The molecule has 1 aromatic rings. The van der Waals surface area contributed by atoms with Gasteiger partial charge in [-0.25, -0.2) is 8.78 Å². The van der Waals surface area contributed by atoms with Gasteiger partial charge in [0.05, 0.1) is 0 Å². The lowest BCUT2D eigenvalue weighted by atomic mass is 9.88. The Bertz CT molecular complexity index is 373. The van der Waals surface area contributed by atoms with Crippen LogP contribution in [0.3, 0.4) is 0 Å². The minimum Gasteiger partial charge on any atom is -0.313 e. The highest BCUT2D eigenvalue weighted by atomic mass is 19.1. The number of rotatable bonds is 5. The Hall–Kier alpha value is -0.960. The van der Waals surface area contributed by atoms with Crippen LogP contribution in [-0.2, 0) is 0 Å². The van der Waals surface area contributed by atoms with E-state index in [-0.39, 0.29) is 6.04 Å². The van der Waals surface area contributed by atoms with E-state index in [1.807, 2.05) is 7.05 Å². The molecule has 0 aliphatic carbocycles. The van der Waals surface area contributed by atoms with Crippen LogP contribution in [0.1, 0.15) is 43.9 Å². The number of hydrogen-bond acceptors (Lipinski definition) is 1. The number of aryl methyl sites for hydroxylation is 1. The van der Waals surface area contributed by atoms with Gasteiger partial charge >= 0.3 is 0 Å². The maximum atomic E-state index is 13.8. The normalized spacial score (nSPS) is 13.1. The fraction of sp³-hybridized carbons (Fsp3) is 0.571. The summed E-state index contributed by atoms with van der Waals surface area (Å²) in [7, 11) is 1.82. The number of nitrogens with one attached hydrogen (secondary N) is 1. The molecule has 0 amide bonds. The van der Waals surface area contributed by atoms with Crippen molar-refractivity contribution >= 4 is 0 Å². The van der Waals surface area contributed by atoms with Crippen molar-refractivity contribution in [2.24, 2.45) is 5.92 Å². The van der Waals surface area contributed by atoms with Gasteiger partial charge < -0.3 is 5.32 Å². The summed E-state index contributed by atoms with van der Waals surface area (Å²) in [5.41, 5.74) is 1.06. The van der Waals surface area contributed by atoms with Crippen LogP contribution in [0.25, 0.3) is 0 Å². The van der Waals surface area contributed by atoms with Crippen LogP contribution in [-0.4, -0.2) is 7.05 Å². The highest BCUT2D eigenvalue weighted by Gasteiger charge is 2.22. The second-order valence-electron chi connectivity index (χ2n) is 4.47. The van der Waals surface area contributed by atoms with E-state index in [0.29, 0.717) is 17.0 Å². The quantitative estimate of drug-likeness (QED) is 0.822. The molecule has 0 heterocycles. The molecular weight excluding hydrogens is 220 g/mol. The lowest BCUT2D eigenvalue weighted by molar-refractivity contribution is 0.349. The van der Waals surface area contributed by atoms with Gasteiger partial charge in [0.15, 0.2) is 0 Å². The number of halogens is 2. The zero-order valence-electron chi connectivity index (χ0n) is 11.0. The SMILES string of the molecule is CCC(CC)C(NC)c1cc(C)c(F)cc1F. The molecule has 96 valence electrons. The first-order chi connectivity index (χ1) is 8.04. The van der Waals surface area contributed by atoms with E-state index in [0.717, 1.165) is 18.9 Å². The monoisotopic (exact) mass is 241 g/mol. The fourth-order valence-electron chi connectivity index (χ4n) is 2.32. The highest BCUT2D eigenvalue weighted by Crippen LogP contribution is 2.30. The molecular formula is C14H21F2N. The summed E-state index contributed by atoms with van der Waals surface area (Å²) in [4.78, 5) is 0. The van der Waals surface area contributed by atoms with Crippen LogP contribution in [0.4, 0.5) is 8.78 Å². The molecule has 0 bridgehead atoms. The lowest BCUT2D eigenvalue weighted by Gasteiger charge is -2.26. The fourth-order valence-corrected chi connectivity index (χ4v) is 2.32. The van der Waals surface area contributed by atoms with Crippen LogP contribution in [0.5, 0.6) is 0 Å². The zero-order chi connectivity index (χ0) is 13.0. The Morgan fingerprint density at radius 3 is 2.18 bits per heavy atom. The van der Waals surface area contributed by atoms with Crippen LogP contribution in [0.15, 0.2) is 12.1 Å². The molecule has 0 saturated heterocycles. The molecule has 17 heavy (non-hydrogen) atoms. The molecule has 0 aromatic heterocycles. The highest BCUT2D eigenvalue weighted by molar-refractivity contribution is 5.28. The van der Waals surface area contributed by atoms with E-state index in [2.05, 4.69) is 19.2 Å². The minimum absolute atomic E-state index is 0.0516. The average molecular weight is 241 g/mol. The molecule has 1 atom stereocenters. The Balaban J connectivity index is 3.15. The summed E-state index contributed by atoms with van der Waals surface area (Å²) in [6.45, 7) is 5.84. The summed E-state index contributed by atoms with van der Waals surface area (Å²) < 4.78 is 27.1. The van der Waals surface area contributed by atoms with Crippen molar-refractivity contribution in [2.45, 2.75) is 39.7 Å². The lowest BCUT2D eigenvalue weighted by Crippen LogP contribution is -2.25. The molecule has 1 aromatic carbocycles. The number of hydrogen-bond donors (Lipinski definition) is 1. The Morgan fingerprint density at radius 1 is 1.12 bits per heavy atom. The van der Waals surface area contributed by atoms with Gasteiger partial charge in [0.1, 0.15) is 11.6 Å². The summed E-state index contributed by atoms with van der Waals surface area (Å²) in [5.74, 6) is -0.579. The standard InChI is InChI=1S/C14H21F2N/c1-5-10(6-2)14(17-4)11-7-9(3)12(15)8-13(11)16/h7-8,10,14,17H,5-6H2,1-4H3. The van der Waals surface area contributed by atoms with Crippen molar-refractivity contribution in [1.29, 1.82) is 0 Å². The second-order valence-corrected chi connectivity index (χ2v) is 4.47. The summed E-state index contributed by atoms with van der Waals surface area (Å²) in [6.07, 6.45) is 1.94. The van der Waals surface area contributed by atoms with Gasteiger partial charge in [-0.15, -0.1) is 0 Å². The van der Waals surface area contributed by atoms with E-state index in [4.69, 9.17) is 0 Å². The topological polar surface area (TPSA) is 12.0 Å². The van der Waals surface area contributed by atoms with E-state index in [1.165, 1.54) is 0 Å². The van der Waals surface area contributed by atoms with E-state index in [9.17, 15) is 8.78 Å². The molecule has 0 spiro atoms. The van der Waals surface area contributed by atoms with Crippen LogP contribution < -0.4 is 5.32 Å². The van der Waals surface area contributed by atoms with E-state index in [1.54, 1.807) is 13.0 Å². The van der Waals surface area contributed by atoms with Gasteiger partial charge in [-0.2, -0.15) is 0 Å². The zero-order valence-corrected chi connectivity index (χ0v) is 11.0. The summed E-state index contributed by atoms with van der Waals surface area (Å²) >= 11 is 0. The van der Waals surface area contributed by atoms with Gasteiger partial charge in [0.2, 0.25) is 0 Å². The van der Waals surface area contributed by atoms with Gasteiger partial charge in [-0.05, 0) is 31.5 Å². The van der Waals surface area contributed by atoms with Crippen molar-refractivity contribution in [1.82, 2.24) is 5.32 Å². The third kappa shape index (κ3) is 3.03. The average Bonchev–Trinajstić information content (AvgIpc) is 2.31. The third-order valence-corrected chi connectivity index (χ3v) is 3.44. The van der Waals surface area contributed by atoms with Crippen molar-refractivity contribution in [3.8, 4) is 0 Å². The van der Waals surface area contributed by atoms with Crippen molar-refractivity contribution in [3.63, 3.8) is 0 Å². The molecule has 1 rings (SSSR count). The molecule has 0 aliphatic heterocycles. The molecule has 0 saturated carbocycles. The largest absolute Gasteiger partial charge is 0.313 e. The summed E-state index contributed by atoms with van der Waals surface area (Å²) in [6, 6.07) is 2.55. The molecule has 0 fully saturated rings. The molecule has 3 heteroatoms. The molecule has 1 nitrogen and oxygen atoms in total. The maximum Gasteiger partial charge on any atom is 0.130 e. The Labute approximate surface area is 102 Å². The van der Waals surface area contributed by atoms with Gasteiger partial charge in [-0.1, -0.05) is 26.7 Å². The smallest absolute Gasteiger partial charge is 0.130 e. The van der Waals surface area contributed by atoms with Gasteiger partial charge in [0, 0.05) is 17.7 Å². The number of benzene rings is 1. The molecule has 1 unspecified atom stereocenters. The molecule has 0 aliphatic rings. The van der Waals surface area contributed by atoms with E-state index < -0.39 is 11.6 Å². The third-order valence-electron chi connectivity index (χ3n) is 3.44. The first kappa shape index (κ1) is 14.1. The minimum atomic E-state index is -0.481. The van der Waals surface area contributed by atoms with Crippen LogP contribution in [0.2, 0.25) is 0 Å². The first-order valence-electron chi connectivity index (χ1n) is 6.17. The molecule has 1 N–H and O–H groups in total. The van der Waals surface area contributed by atoms with Crippen molar-refractivity contribution in [2.75, 3.05) is 7.05 Å².